The van der Waals surface area contributed by atoms with E-state index in [1.165, 1.54) is 30.7 Å². The van der Waals surface area contributed by atoms with Crippen molar-refractivity contribution >= 4 is 27.8 Å². The van der Waals surface area contributed by atoms with Gasteiger partial charge in [-0.1, -0.05) is 30.3 Å². The first-order chi connectivity index (χ1) is 14.2. The lowest BCUT2D eigenvalue weighted by molar-refractivity contribution is -0.146. The molecular formula is C22H27NO5S2. The van der Waals surface area contributed by atoms with Crippen molar-refractivity contribution in [2.45, 2.75) is 42.0 Å². The summed E-state index contributed by atoms with van der Waals surface area (Å²) in [7, 11) is -1.20. The van der Waals surface area contributed by atoms with Crippen LogP contribution in [0.4, 0.5) is 0 Å². The molecule has 0 saturated carbocycles. The smallest absolute Gasteiger partial charge is 0.325 e. The molecule has 1 aliphatic heterocycles. The number of carbonyl (C=O) groups is 1. The van der Waals surface area contributed by atoms with Crippen LogP contribution in [0.3, 0.4) is 0 Å². The zero-order valence-corrected chi connectivity index (χ0v) is 19.2. The van der Waals surface area contributed by atoms with Gasteiger partial charge in [0.25, 0.3) is 0 Å². The molecule has 1 aliphatic rings. The van der Waals surface area contributed by atoms with Gasteiger partial charge in [-0.25, -0.2) is 8.42 Å². The maximum Gasteiger partial charge on any atom is 0.325 e. The molecule has 2 aromatic carbocycles. The van der Waals surface area contributed by atoms with Gasteiger partial charge in [-0.15, -0.1) is 0 Å². The van der Waals surface area contributed by atoms with Crippen LogP contribution in [0.2, 0.25) is 0 Å². The van der Waals surface area contributed by atoms with Crippen LogP contribution in [0.5, 0.6) is 5.75 Å². The van der Waals surface area contributed by atoms with Crippen LogP contribution >= 0.6 is 11.8 Å². The molecule has 1 heterocycles. The van der Waals surface area contributed by atoms with E-state index in [1.807, 2.05) is 44.2 Å². The van der Waals surface area contributed by atoms with Crippen molar-refractivity contribution in [3.8, 4) is 5.75 Å². The Labute approximate surface area is 182 Å². The van der Waals surface area contributed by atoms with Crippen molar-refractivity contribution < 1.29 is 22.7 Å². The number of ether oxygens (including phenoxy) is 2. The Kier molecular flexibility index (Phi) is 6.79. The fourth-order valence-electron chi connectivity index (χ4n) is 3.79. The predicted octanol–water partition coefficient (Wildman–Crippen LogP) is 3.88. The molecule has 0 amide bonds. The Morgan fingerprint density at radius 2 is 1.70 bits per heavy atom. The van der Waals surface area contributed by atoms with E-state index in [-0.39, 0.29) is 4.90 Å². The highest BCUT2D eigenvalue weighted by Gasteiger charge is 2.51. The van der Waals surface area contributed by atoms with Crippen LogP contribution in [0.1, 0.15) is 31.9 Å². The third-order valence-corrected chi connectivity index (χ3v) is 8.62. The van der Waals surface area contributed by atoms with Crippen LogP contribution in [-0.2, 0) is 19.6 Å². The highest BCUT2D eigenvalue weighted by Crippen LogP contribution is 2.45. The summed E-state index contributed by atoms with van der Waals surface area (Å²) >= 11 is 1.59. The Morgan fingerprint density at radius 3 is 2.27 bits per heavy atom. The lowest BCUT2D eigenvalue weighted by Crippen LogP contribution is -2.55. The highest BCUT2D eigenvalue weighted by molar-refractivity contribution is 8.00. The SMILES string of the molecule is COC(=O)[C@@H]1N(S(=O)(=O)c2ccc(OC)cc2)[C@@H](c2ccccc2)CCSC1(C)C. The number of esters is 1. The second-order valence-corrected chi connectivity index (χ2v) is 11.2. The van der Waals surface area contributed by atoms with Crippen molar-refractivity contribution in [2.24, 2.45) is 0 Å². The number of hydrogen-bond donors (Lipinski definition) is 0. The molecule has 0 spiro atoms. The molecule has 0 unspecified atom stereocenters. The van der Waals surface area contributed by atoms with Gasteiger partial charge in [-0.2, -0.15) is 16.1 Å². The lowest BCUT2D eigenvalue weighted by Gasteiger charge is -2.39. The lowest BCUT2D eigenvalue weighted by atomic mass is 9.98. The fourth-order valence-corrected chi connectivity index (χ4v) is 7.00. The van der Waals surface area contributed by atoms with Crippen molar-refractivity contribution in [1.82, 2.24) is 4.31 Å². The average Bonchev–Trinajstić information content (AvgIpc) is 2.89. The van der Waals surface area contributed by atoms with Gasteiger partial charge < -0.3 is 9.47 Å². The average molecular weight is 450 g/mol. The molecule has 0 aliphatic carbocycles. The second-order valence-electron chi connectivity index (χ2n) is 7.60. The van der Waals surface area contributed by atoms with Crippen LogP contribution in [0, 0.1) is 0 Å². The normalized spacial score (nSPS) is 22.1. The molecular weight excluding hydrogens is 422 g/mol. The topological polar surface area (TPSA) is 72.9 Å². The summed E-state index contributed by atoms with van der Waals surface area (Å²) in [5.74, 6) is 0.714. The van der Waals surface area contributed by atoms with E-state index < -0.39 is 32.8 Å². The van der Waals surface area contributed by atoms with E-state index in [2.05, 4.69) is 0 Å². The van der Waals surface area contributed by atoms with E-state index >= 15 is 0 Å². The molecule has 8 heteroatoms. The van der Waals surface area contributed by atoms with Crippen LogP contribution in [0.25, 0.3) is 0 Å². The van der Waals surface area contributed by atoms with Gasteiger partial charge in [0.15, 0.2) is 0 Å². The summed E-state index contributed by atoms with van der Waals surface area (Å²) in [6.07, 6.45) is 0.584. The summed E-state index contributed by atoms with van der Waals surface area (Å²) in [6, 6.07) is 14.2. The Morgan fingerprint density at radius 1 is 1.07 bits per heavy atom. The Hall–Kier alpha value is -2.03. The predicted molar refractivity (Wildman–Crippen MR) is 118 cm³/mol. The van der Waals surface area contributed by atoms with E-state index in [1.54, 1.807) is 23.9 Å². The summed E-state index contributed by atoms with van der Waals surface area (Å²) in [5.41, 5.74) is 0.849. The van der Waals surface area contributed by atoms with Crippen LogP contribution in [0.15, 0.2) is 59.5 Å². The van der Waals surface area contributed by atoms with Gasteiger partial charge in [0.1, 0.15) is 11.8 Å². The van der Waals surface area contributed by atoms with Crippen molar-refractivity contribution in [2.75, 3.05) is 20.0 Å². The molecule has 30 heavy (non-hydrogen) atoms. The number of nitrogens with zero attached hydrogens (tertiary/aromatic N) is 1. The largest absolute Gasteiger partial charge is 0.497 e. The standard InChI is InChI=1S/C22H27NO5S2/c1-22(2)20(21(24)28-4)23(19(14-15-29-22)16-8-6-5-7-9-16)30(25,26)18-12-10-17(27-3)11-13-18/h5-13,19-20H,14-15H2,1-4H3/t19-,20+/m1/s1. The van der Waals surface area contributed by atoms with Crippen molar-refractivity contribution in [3.63, 3.8) is 0 Å². The van der Waals surface area contributed by atoms with E-state index in [0.717, 1.165) is 5.56 Å². The van der Waals surface area contributed by atoms with Crippen LogP contribution < -0.4 is 4.74 Å². The van der Waals surface area contributed by atoms with E-state index in [9.17, 15) is 13.2 Å². The van der Waals surface area contributed by atoms with Gasteiger partial charge in [-0.3, -0.25) is 4.79 Å². The van der Waals surface area contributed by atoms with Crippen molar-refractivity contribution in [3.05, 3.63) is 60.2 Å². The molecule has 1 fully saturated rings. The second kappa shape index (κ2) is 8.99. The third kappa shape index (κ3) is 4.36. The van der Waals surface area contributed by atoms with Gasteiger partial charge in [-0.05, 0) is 55.9 Å². The number of methoxy groups -OCH3 is 2. The number of rotatable bonds is 5. The molecule has 0 radical (unpaired) electrons. The quantitative estimate of drug-likeness (QED) is 0.645. The molecule has 0 aromatic heterocycles. The van der Waals surface area contributed by atoms with Crippen molar-refractivity contribution in [1.29, 1.82) is 0 Å². The van der Waals surface area contributed by atoms with E-state index in [0.29, 0.717) is 17.9 Å². The minimum atomic E-state index is -4.02. The molecule has 0 N–H and O–H groups in total. The van der Waals surface area contributed by atoms with Gasteiger partial charge in [0.05, 0.1) is 25.2 Å². The zero-order valence-electron chi connectivity index (χ0n) is 17.6. The number of sulfonamides is 1. The third-order valence-electron chi connectivity index (χ3n) is 5.33. The summed E-state index contributed by atoms with van der Waals surface area (Å²) in [5, 5.41) is 0. The minimum absolute atomic E-state index is 0.112. The first kappa shape index (κ1) is 22.7. The minimum Gasteiger partial charge on any atom is -0.497 e. The maximum atomic E-state index is 13.9. The fraction of sp³-hybridized carbons (Fsp3) is 0.409. The molecule has 6 nitrogen and oxygen atoms in total. The van der Waals surface area contributed by atoms with Gasteiger partial charge in [0, 0.05) is 4.75 Å². The monoisotopic (exact) mass is 449 g/mol. The Bertz CT molecular complexity index is 974. The highest BCUT2D eigenvalue weighted by atomic mass is 32.2. The molecule has 2 aromatic rings. The Balaban J connectivity index is 2.21. The molecule has 3 rings (SSSR count). The molecule has 162 valence electrons. The molecule has 0 bridgehead atoms. The summed E-state index contributed by atoms with van der Waals surface area (Å²) < 4.78 is 38.8. The van der Waals surface area contributed by atoms with Crippen LogP contribution in [-0.4, -0.2) is 49.5 Å². The first-order valence-corrected chi connectivity index (χ1v) is 12.1. The number of hydrogen-bond acceptors (Lipinski definition) is 6. The molecule has 1 saturated heterocycles. The number of thioether (sulfide) groups is 1. The summed E-state index contributed by atoms with van der Waals surface area (Å²) in [4.78, 5) is 13.1. The number of carbonyl (C=O) groups excluding carboxylic acids is 1. The van der Waals surface area contributed by atoms with E-state index in [4.69, 9.17) is 9.47 Å². The molecule has 2 atom stereocenters. The first-order valence-electron chi connectivity index (χ1n) is 9.66. The van der Waals surface area contributed by atoms with Gasteiger partial charge >= 0.3 is 5.97 Å². The van der Waals surface area contributed by atoms with Gasteiger partial charge in [0.2, 0.25) is 10.0 Å². The number of benzene rings is 2. The summed E-state index contributed by atoms with van der Waals surface area (Å²) in [6.45, 7) is 3.78. The maximum absolute atomic E-state index is 13.9. The zero-order chi connectivity index (χ0) is 21.9.